The van der Waals surface area contributed by atoms with Crippen LogP contribution in [0.1, 0.15) is 17.5 Å². The van der Waals surface area contributed by atoms with Crippen LogP contribution in [-0.4, -0.2) is 20.0 Å². The van der Waals surface area contributed by atoms with Crippen LogP contribution in [-0.2, 0) is 16.6 Å². The van der Waals surface area contributed by atoms with Gasteiger partial charge in [-0.25, -0.2) is 18.1 Å². The van der Waals surface area contributed by atoms with Crippen molar-refractivity contribution < 1.29 is 13.2 Å². The molecule has 0 fully saturated rings. The molecule has 1 aromatic heterocycles. The van der Waals surface area contributed by atoms with E-state index in [-0.39, 0.29) is 11.4 Å². The van der Waals surface area contributed by atoms with Crippen LogP contribution in [0.25, 0.3) is 11.3 Å². The van der Waals surface area contributed by atoms with Gasteiger partial charge in [-0.15, -0.1) is 11.3 Å². The molecular formula is C19H20N2O3S2. The molecule has 2 aromatic carbocycles. The van der Waals surface area contributed by atoms with Gasteiger partial charge >= 0.3 is 0 Å². The summed E-state index contributed by atoms with van der Waals surface area (Å²) in [4.78, 5) is 4.56. The molecular weight excluding hydrogens is 368 g/mol. The topological polar surface area (TPSA) is 68.3 Å². The van der Waals surface area contributed by atoms with Crippen molar-refractivity contribution in [2.45, 2.75) is 25.3 Å². The second kappa shape index (κ2) is 7.99. The first kappa shape index (κ1) is 18.6. The Morgan fingerprint density at radius 2 is 1.92 bits per heavy atom. The van der Waals surface area contributed by atoms with Gasteiger partial charge in [-0.3, -0.25) is 0 Å². The number of aromatic nitrogens is 1. The Labute approximate surface area is 157 Å². The highest BCUT2D eigenvalue weighted by atomic mass is 32.2. The minimum Gasteiger partial charge on any atom is -0.492 e. The molecule has 0 radical (unpaired) electrons. The highest BCUT2D eigenvalue weighted by Gasteiger charge is 2.21. The number of nitrogens with one attached hydrogen (secondary N) is 1. The highest BCUT2D eigenvalue weighted by molar-refractivity contribution is 7.89. The van der Waals surface area contributed by atoms with Gasteiger partial charge in [0.05, 0.1) is 17.3 Å². The van der Waals surface area contributed by atoms with Gasteiger partial charge in [0.2, 0.25) is 10.0 Å². The third kappa shape index (κ3) is 4.30. The third-order valence-corrected chi connectivity index (χ3v) is 5.95. The summed E-state index contributed by atoms with van der Waals surface area (Å²) in [6, 6.07) is 14.5. The van der Waals surface area contributed by atoms with Crippen LogP contribution in [0.2, 0.25) is 0 Å². The number of sulfonamides is 1. The molecule has 0 atom stereocenters. The minimum absolute atomic E-state index is 0.124. The van der Waals surface area contributed by atoms with Crippen LogP contribution in [0, 0.1) is 6.92 Å². The van der Waals surface area contributed by atoms with E-state index in [0.717, 1.165) is 21.8 Å². The molecule has 1 heterocycles. The zero-order valence-corrected chi connectivity index (χ0v) is 16.2. The average Bonchev–Trinajstić information content (AvgIpc) is 3.08. The van der Waals surface area contributed by atoms with Gasteiger partial charge in [0.15, 0.2) is 0 Å². The quantitative estimate of drug-likeness (QED) is 0.664. The second-order valence-corrected chi connectivity index (χ2v) is 8.45. The predicted octanol–water partition coefficient (Wildman–Crippen LogP) is 4.00. The highest BCUT2D eigenvalue weighted by Crippen LogP contribution is 2.30. The van der Waals surface area contributed by atoms with E-state index in [1.165, 1.54) is 11.3 Å². The van der Waals surface area contributed by atoms with Crippen molar-refractivity contribution in [3.63, 3.8) is 0 Å². The maximum absolute atomic E-state index is 12.9. The molecule has 0 aliphatic rings. The van der Waals surface area contributed by atoms with Crippen LogP contribution in [0.5, 0.6) is 5.75 Å². The summed E-state index contributed by atoms with van der Waals surface area (Å²) >= 11 is 1.53. The fourth-order valence-electron chi connectivity index (χ4n) is 2.50. The Hall–Kier alpha value is -2.22. The summed E-state index contributed by atoms with van der Waals surface area (Å²) in [6.45, 7) is 4.35. The van der Waals surface area contributed by atoms with E-state index in [2.05, 4.69) is 9.71 Å². The molecule has 3 rings (SSSR count). The average molecular weight is 389 g/mol. The number of hydrogen-bond donors (Lipinski definition) is 1. The Morgan fingerprint density at radius 3 is 2.58 bits per heavy atom. The van der Waals surface area contributed by atoms with Crippen LogP contribution >= 0.6 is 11.3 Å². The lowest BCUT2D eigenvalue weighted by Crippen LogP contribution is -2.24. The largest absolute Gasteiger partial charge is 0.492 e. The summed E-state index contributed by atoms with van der Waals surface area (Å²) in [5, 5.41) is 2.85. The van der Waals surface area contributed by atoms with Crippen molar-refractivity contribution >= 4 is 21.4 Å². The lowest BCUT2D eigenvalue weighted by atomic mass is 10.2. The molecule has 0 bridgehead atoms. The first-order chi connectivity index (χ1) is 12.5. The molecule has 3 aromatic rings. The molecule has 136 valence electrons. The lowest BCUT2D eigenvalue weighted by Gasteiger charge is -2.13. The first-order valence-electron chi connectivity index (χ1n) is 8.22. The Balaban J connectivity index is 1.94. The number of aryl methyl sites for hydroxylation is 1. The number of rotatable bonds is 7. The van der Waals surface area contributed by atoms with Gasteiger partial charge in [-0.05, 0) is 37.6 Å². The number of nitrogens with zero attached hydrogens (tertiary/aromatic N) is 1. The van der Waals surface area contributed by atoms with Crippen LogP contribution in [0.4, 0.5) is 0 Å². The van der Waals surface area contributed by atoms with Gasteiger partial charge in [-0.2, -0.15) is 0 Å². The Bertz CT molecular complexity index is 983. The molecule has 0 saturated heterocycles. The standard InChI is InChI=1S/C19H20N2O3S2/c1-3-24-18-10-9-16(17-13-25-14(2)21-17)11-19(18)26(22,23)20-12-15-7-5-4-6-8-15/h4-11,13,20H,3,12H2,1-2H3. The fraction of sp³-hybridized carbons (Fsp3) is 0.211. The van der Waals surface area contributed by atoms with Crippen molar-refractivity contribution in [2.24, 2.45) is 0 Å². The van der Waals surface area contributed by atoms with E-state index in [0.29, 0.717) is 12.4 Å². The zero-order chi connectivity index (χ0) is 18.6. The second-order valence-electron chi connectivity index (χ2n) is 5.66. The molecule has 0 unspecified atom stereocenters. The number of hydrogen-bond acceptors (Lipinski definition) is 5. The monoisotopic (exact) mass is 388 g/mol. The van der Waals surface area contributed by atoms with Crippen molar-refractivity contribution in [3.05, 3.63) is 64.5 Å². The van der Waals surface area contributed by atoms with E-state index < -0.39 is 10.0 Å². The predicted molar refractivity (Wildman–Crippen MR) is 104 cm³/mol. The third-order valence-electron chi connectivity index (χ3n) is 3.76. The van der Waals surface area contributed by atoms with E-state index in [1.54, 1.807) is 12.1 Å². The van der Waals surface area contributed by atoms with E-state index in [9.17, 15) is 8.42 Å². The molecule has 0 aliphatic heterocycles. The van der Waals surface area contributed by atoms with Crippen LogP contribution in [0.3, 0.4) is 0 Å². The summed E-state index contributed by atoms with van der Waals surface area (Å²) in [5.41, 5.74) is 2.40. The minimum atomic E-state index is -3.73. The molecule has 0 saturated carbocycles. The van der Waals surface area contributed by atoms with Crippen LogP contribution in [0.15, 0.2) is 58.8 Å². The van der Waals surface area contributed by atoms with Crippen molar-refractivity contribution in [2.75, 3.05) is 6.61 Å². The van der Waals surface area contributed by atoms with E-state index >= 15 is 0 Å². The normalized spacial score (nSPS) is 11.5. The van der Waals surface area contributed by atoms with Gasteiger partial charge < -0.3 is 4.74 Å². The van der Waals surface area contributed by atoms with Crippen molar-refractivity contribution in [3.8, 4) is 17.0 Å². The summed E-state index contributed by atoms with van der Waals surface area (Å²) in [5.74, 6) is 0.337. The van der Waals surface area contributed by atoms with Crippen LogP contribution < -0.4 is 9.46 Å². The zero-order valence-electron chi connectivity index (χ0n) is 14.6. The van der Waals surface area contributed by atoms with E-state index in [1.807, 2.05) is 55.6 Å². The van der Waals surface area contributed by atoms with Gasteiger partial charge in [0.25, 0.3) is 0 Å². The number of ether oxygens (including phenoxy) is 1. The molecule has 0 amide bonds. The SMILES string of the molecule is CCOc1ccc(-c2csc(C)n2)cc1S(=O)(=O)NCc1ccccc1. The number of benzene rings is 2. The molecule has 7 heteroatoms. The molecule has 0 aliphatic carbocycles. The summed E-state index contributed by atoms with van der Waals surface area (Å²) < 4.78 is 33.9. The van der Waals surface area contributed by atoms with Crippen molar-refractivity contribution in [1.82, 2.24) is 9.71 Å². The maximum atomic E-state index is 12.9. The molecule has 26 heavy (non-hydrogen) atoms. The maximum Gasteiger partial charge on any atom is 0.244 e. The lowest BCUT2D eigenvalue weighted by molar-refractivity contribution is 0.331. The Morgan fingerprint density at radius 1 is 1.15 bits per heavy atom. The van der Waals surface area contributed by atoms with Gasteiger partial charge in [0, 0.05) is 17.5 Å². The number of thiazole rings is 1. The summed E-state index contributed by atoms with van der Waals surface area (Å²) in [7, 11) is -3.73. The van der Waals surface area contributed by atoms with Gasteiger partial charge in [0.1, 0.15) is 10.6 Å². The Kier molecular flexibility index (Phi) is 5.70. The molecule has 0 spiro atoms. The molecule has 5 nitrogen and oxygen atoms in total. The summed E-state index contributed by atoms with van der Waals surface area (Å²) in [6.07, 6.45) is 0. The fourth-order valence-corrected chi connectivity index (χ4v) is 4.31. The van der Waals surface area contributed by atoms with Gasteiger partial charge in [-0.1, -0.05) is 30.3 Å². The van der Waals surface area contributed by atoms with Crippen molar-refractivity contribution in [1.29, 1.82) is 0 Å². The smallest absolute Gasteiger partial charge is 0.244 e. The first-order valence-corrected chi connectivity index (χ1v) is 10.6. The molecule has 1 N–H and O–H groups in total. The van der Waals surface area contributed by atoms with E-state index in [4.69, 9.17) is 4.74 Å².